The molecule has 0 atom stereocenters. The van der Waals surface area contributed by atoms with Gasteiger partial charge in [0.1, 0.15) is 0 Å². The summed E-state index contributed by atoms with van der Waals surface area (Å²) in [7, 11) is 4.00. The predicted molar refractivity (Wildman–Crippen MR) is 116 cm³/mol. The first-order valence-corrected chi connectivity index (χ1v) is 10.2. The highest BCUT2D eigenvalue weighted by Crippen LogP contribution is 2.30. The van der Waals surface area contributed by atoms with E-state index >= 15 is 0 Å². The van der Waals surface area contributed by atoms with Crippen molar-refractivity contribution >= 4 is 22.9 Å². The fraction of sp³-hybridized carbons (Fsp3) is 0.333. The zero-order chi connectivity index (χ0) is 20.4. The van der Waals surface area contributed by atoms with Crippen LogP contribution < -0.4 is 10.2 Å². The molecule has 1 amide bonds. The van der Waals surface area contributed by atoms with E-state index in [2.05, 4.69) is 11.4 Å². The molecule has 0 spiro atoms. The highest BCUT2D eigenvalue weighted by atomic mass is 16.1. The SMILES string of the molecule is CN(C)c1ccc(CC(=O)NCCc2c3c(n4ccccc24)C(=O)CCC3)cc1. The van der Waals surface area contributed by atoms with Crippen molar-refractivity contribution in [2.45, 2.75) is 32.1 Å². The molecule has 1 aromatic carbocycles. The molecular formula is C24H27N3O2. The molecule has 5 heteroatoms. The third-order valence-corrected chi connectivity index (χ3v) is 5.67. The van der Waals surface area contributed by atoms with Gasteiger partial charge in [0.15, 0.2) is 5.78 Å². The number of aromatic nitrogens is 1. The number of amides is 1. The van der Waals surface area contributed by atoms with Crippen LogP contribution in [0.15, 0.2) is 48.7 Å². The van der Waals surface area contributed by atoms with Gasteiger partial charge < -0.3 is 14.6 Å². The minimum atomic E-state index is 0.0241. The van der Waals surface area contributed by atoms with E-state index < -0.39 is 0 Å². The van der Waals surface area contributed by atoms with Crippen LogP contribution in [0.5, 0.6) is 0 Å². The standard InChI is InChI=1S/C24H27N3O2/c1-26(2)18-11-9-17(10-12-18)16-23(29)25-14-13-19-20-6-5-8-22(28)24(20)27-15-4-3-7-21(19)27/h3-4,7,9-12,15H,5-6,8,13-14,16H2,1-2H3,(H,25,29). The normalized spacial score (nSPS) is 13.4. The summed E-state index contributed by atoms with van der Waals surface area (Å²) in [5.41, 5.74) is 6.42. The van der Waals surface area contributed by atoms with E-state index in [1.165, 1.54) is 11.1 Å². The molecule has 0 radical (unpaired) electrons. The van der Waals surface area contributed by atoms with E-state index in [9.17, 15) is 9.59 Å². The summed E-state index contributed by atoms with van der Waals surface area (Å²) in [6.45, 7) is 0.573. The fourth-order valence-corrected chi connectivity index (χ4v) is 4.21. The van der Waals surface area contributed by atoms with Gasteiger partial charge in [0, 0.05) is 44.5 Å². The van der Waals surface area contributed by atoms with Crippen molar-refractivity contribution < 1.29 is 9.59 Å². The van der Waals surface area contributed by atoms with Crippen LogP contribution in [-0.4, -0.2) is 36.7 Å². The minimum Gasteiger partial charge on any atom is -0.378 e. The van der Waals surface area contributed by atoms with Crippen LogP contribution in [0, 0.1) is 0 Å². The summed E-state index contributed by atoms with van der Waals surface area (Å²) in [5, 5.41) is 3.05. The second-order valence-electron chi connectivity index (χ2n) is 7.88. The number of anilines is 1. The summed E-state index contributed by atoms with van der Waals surface area (Å²) in [4.78, 5) is 26.9. The number of nitrogens with zero attached hydrogens (tertiary/aromatic N) is 2. The lowest BCUT2D eigenvalue weighted by Gasteiger charge is -2.13. The van der Waals surface area contributed by atoms with Crippen LogP contribution in [0.3, 0.4) is 0 Å². The van der Waals surface area contributed by atoms with E-state index in [4.69, 9.17) is 0 Å². The molecule has 0 saturated carbocycles. The molecule has 5 nitrogen and oxygen atoms in total. The molecule has 1 N–H and O–H groups in total. The molecule has 0 unspecified atom stereocenters. The van der Waals surface area contributed by atoms with Gasteiger partial charge in [-0.25, -0.2) is 0 Å². The third kappa shape index (κ3) is 3.90. The summed E-state index contributed by atoms with van der Waals surface area (Å²) in [5.74, 6) is 0.250. The van der Waals surface area contributed by atoms with Crippen LogP contribution >= 0.6 is 0 Å². The summed E-state index contributed by atoms with van der Waals surface area (Å²) < 4.78 is 2.03. The second kappa shape index (κ2) is 8.11. The topological polar surface area (TPSA) is 53.8 Å². The monoisotopic (exact) mass is 389 g/mol. The number of benzene rings is 1. The predicted octanol–water partition coefficient (Wildman–Crippen LogP) is 3.43. The van der Waals surface area contributed by atoms with Crippen LogP contribution in [0.2, 0.25) is 0 Å². The maximum Gasteiger partial charge on any atom is 0.224 e. The zero-order valence-electron chi connectivity index (χ0n) is 17.1. The number of pyridine rings is 1. The van der Waals surface area contributed by atoms with Gasteiger partial charge in [0.2, 0.25) is 5.91 Å². The molecule has 150 valence electrons. The molecule has 4 rings (SSSR count). The first-order valence-electron chi connectivity index (χ1n) is 10.2. The molecule has 0 saturated heterocycles. The van der Waals surface area contributed by atoms with Crippen molar-refractivity contribution in [1.29, 1.82) is 0 Å². The first-order chi connectivity index (χ1) is 14.0. The van der Waals surface area contributed by atoms with Gasteiger partial charge in [-0.1, -0.05) is 18.2 Å². The largest absolute Gasteiger partial charge is 0.378 e. The average Bonchev–Trinajstić information content (AvgIpc) is 3.03. The van der Waals surface area contributed by atoms with Crippen molar-refractivity contribution in [3.8, 4) is 0 Å². The highest BCUT2D eigenvalue weighted by Gasteiger charge is 2.25. The Bertz CT molecular complexity index is 1050. The van der Waals surface area contributed by atoms with Crippen molar-refractivity contribution in [1.82, 2.24) is 9.72 Å². The van der Waals surface area contributed by atoms with Crippen LogP contribution in [-0.2, 0) is 24.1 Å². The first kappa shape index (κ1) is 19.2. The number of hydrogen-bond donors (Lipinski definition) is 1. The van der Waals surface area contributed by atoms with Gasteiger partial charge in [-0.05, 0) is 60.2 Å². The van der Waals surface area contributed by atoms with E-state index in [1.807, 2.05) is 66.0 Å². The van der Waals surface area contributed by atoms with Gasteiger partial charge >= 0.3 is 0 Å². The Morgan fingerprint density at radius 1 is 1.10 bits per heavy atom. The molecule has 2 aromatic heterocycles. The Morgan fingerprint density at radius 3 is 2.66 bits per heavy atom. The number of fused-ring (bicyclic) bond motifs is 3. The van der Waals surface area contributed by atoms with Crippen molar-refractivity contribution in [3.63, 3.8) is 0 Å². The highest BCUT2D eigenvalue weighted by molar-refractivity contribution is 5.99. The summed E-state index contributed by atoms with van der Waals surface area (Å²) in [6.07, 6.45) is 5.55. The Hall–Kier alpha value is -3.08. The Balaban J connectivity index is 1.43. The Labute approximate surface area is 171 Å². The molecule has 3 aromatic rings. The van der Waals surface area contributed by atoms with Gasteiger partial charge in [-0.15, -0.1) is 0 Å². The Morgan fingerprint density at radius 2 is 1.90 bits per heavy atom. The van der Waals surface area contributed by atoms with E-state index in [0.717, 1.165) is 41.7 Å². The van der Waals surface area contributed by atoms with Gasteiger partial charge in [0.05, 0.1) is 12.1 Å². The molecule has 0 fully saturated rings. The average molecular weight is 389 g/mol. The van der Waals surface area contributed by atoms with Crippen LogP contribution in [0.25, 0.3) is 5.52 Å². The summed E-state index contributed by atoms with van der Waals surface area (Å²) in [6, 6.07) is 14.1. The lowest BCUT2D eigenvalue weighted by molar-refractivity contribution is -0.120. The number of nitrogens with one attached hydrogen (secondary N) is 1. The second-order valence-corrected chi connectivity index (χ2v) is 7.88. The number of rotatable bonds is 6. The molecule has 29 heavy (non-hydrogen) atoms. The van der Waals surface area contributed by atoms with Crippen molar-refractivity contribution in [2.24, 2.45) is 0 Å². The van der Waals surface area contributed by atoms with Crippen LogP contribution in [0.1, 0.15) is 40.0 Å². The maximum absolute atomic E-state index is 12.5. The van der Waals surface area contributed by atoms with Gasteiger partial charge in [0.25, 0.3) is 0 Å². The molecule has 1 aliphatic carbocycles. The zero-order valence-corrected chi connectivity index (χ0v) is 17.1. The lowest BCUT2D eigenvalue weighted by Crippen LogP contribution is -2.27. The molecular weight excluding hydrogens is 362 g/mol. The smallest absolute Gasteiger partial charge is 0.224 e. The third-order valence-electron chi connectivity index (χ3n) is 5.67. The minimum absolute atomic E-state index is 0.0241. The molecule has 0 aliphatic heterocycles. The molecule has 0 bridgehead atoms. The van der Waals surface area contributed by atoms with Crippen LogP contribution in [0.4, 0.5) is 5.69 Å². The summed E-state index contributed by atoms with van der Waals surface area (Å²) >= 11 is 0. The van der Waals surface area contributed by atoms with Gasteiger partial charge in [-0.3, -0.25) is 9.59 Å². The maximum atomic E-state index is 12.5. The van der Waals surface area contributed by atoms with E-state index in [1.54, 1.807) is 0 Å². The Kier molecular flexibility index (Phi) is 5.38. The quantitative estimate of drug-likeness (QED) is 0.703. The van der Waals surface area contributed by atoms with E-state index in [-0.39, 0.29) is 11.7 Å². The number of hydrogen-bond acceptors (Lipinski definition) is 3. The fourth-order valence-electron chi connectivity index (χ4n) is 4.21. The number of Topliss-reactive ketones (excluding diaryl/α,β-unsaturated/α-hetero) is 1. The number of carbonyl (C=O) groups is 2. The molecule has 2 heterocycles. The molecule has 1 aliphatic rings. The van der Waals surface area contributed by atoms with Crippen molar-refractivity contribution in [3.05, 3.63) is 71.0 Å². The van der Waals surface area contributed by atoms with Crippen molar-refractivity contribution in [2.75, 3.05) is 25.5 Å². The van der Waals surface area contributed by atoms with E-state index in [0.29, 0.717) is 19.4 Å². The number of ketones is 1. The van der Waals surface area contributed by atoms with Gasteiger partial charge in [-0.2, -0.15) is 0 Å². The lowest BCUT2D eigenvalue weighted by atomic mass is 9.92. The number of carbonyl (C=O) groups excluding carboxylic acids is 2.